The molecule has 5 N–H and O–H groups in total. The number of carbonyl (C=O) groups excluding carboxylic acids is 1. The van der Waals surface area contributed by atoms with Gasteiger partial charge in [-0.3, -0.25) is 9.59 Å². The van der Waals surface area contributed by atoms with E-state index in [1.807, 2.05) is 0 Å². The van der Waals surface area contributed by atoms with E-state index in [1.165, 1.54) is 0 Å². The SMILES string of the molecule is NC(=O)CCC(N)C(=O)O.O=P([O-])([O-])[O-].O=P([O-])([O-])[O-].[Ca+2].[Ca+2].[Ca+2]. The van der Waals surface area contributed by atoms with Crippen molar-refractivity contribution >= 4 is 141 Å². The van der Waals surface area contributed by atoms with Gasteiger partial charge in [0.15, 0.2) is 0 Å². The Kier molecular flexibility index (Phi) is 37.4. The molecule has 0 aromatic rings. The average Bonchev–Trinajstić information content (AvgIpc) is 2.07. The van der Waals surface area contributed by atoms with Crippen LogP contribution in [0.5, 0.6) is 0 Å². The monoisotopic (exact) mass is 456 g/mol. The van der Waals surface area contributed by atoms with E-state index in [1.54, 1.807) is 0 Å². The van der Waals surface area contributed by atoms with Gasteiger partial charge in [0, 0.05) is 6.42 Å². The first-order chi connectivity index (χ1) is 8.54. The number of nitrogens with two attached hydrogens (primary N) is 2. The van der Waals surface area contributed by atoms with Crippen molar-refractivity contribution in [3.05, 3.63) is 0 Å². The first-order valence-corrected chi connectivity index (χ1v) is 7.19. The summed E-state index contributed by atoms with van der Waals surface area (Å²) < 4.78 is 17.1. The Morgan fingerprint density at radius 3 is 1.26 bits per heavy atom. The molecule has 0 heterocycles. The molecular formula is C5H10Ca3N2O11P2. The number of primary amides is 1. The van der Waals surface area contributed by atoms with Gasteiger partial charge < -0.3 is 55.1 Å². The van der Waals surface area contributed by atoms with E-state index in [4.69, 9.17) is 55.1 Å². The van der Waals surface area contributed by atoms with Crippen LogP contribution in [0.3, 0.4) is 0 Å². The fourth-order valence-corrected chi connectivity index (χ4v) is 0.421. The van der Waals surface area contributed by atoms with Crippen molar-refractivity contribution < 1.29 is 53.2 Å². The number of aliphatic carboxylic acids is 1. The molecule has 0 fully saturated rings. The molecule has 122 valence electrons. The van der Waals surface area contributed by atoms with Crippen molar-refractivity contribution in [3.63, 3.8) is 0 Å². The summed E-state index contributed by atoms with van der Waals surface area (Å²) >= 11 is 0. The molecule has 1 amide bonds. The molecule has 0 bridgehead atoms. The van der Waals surface area contributed by atoms with Crippen LogP contribution in [0.15, 0.2) is 0 Å². The summed E-state index contributed by atoms with van der Waals surface area (Å²) in [7, 11) is -10.8. The second-order valence-electron chi connectivity index (χ2n) is 2.84. The van der Waals surface area contributed by atoms with Crippen LogP contribution in [0.1, 0.15) is 12.8 Å². The van der Waals surface area contributed by atoms with Gasteiger partial charge in [0.2, 0.25) is 5.91 Å². The standard InChI is InChI=1S/C5H10N2O3.3Ca.2H3O4P/c6-3(5(9)10)1-2-4(7)8;;;;2*1-5(2,3)4/h3H,1-2,6H2,(H2,7,8)(H,9,10);;;;2*(H3,1,2,3,4)/q;3*+2;;/p-6. The van der Waals surface area contributed by atoms with Gasteiger partial charge in [0.05, 0.1) is 0 Å². The Balaban J connectivity index is -0.0000000483. The molecule has 0 saturated carbocycles. The van der Waals surface area contributed by atoms with Crippen molar-refractivity contribution in [3.8, 4) is 0 Å². The molecule has 0 radical (unpaired) electrons. The smallest absolute Gasteiger partial charge is 0.822 e. The van der Waals surface area contributed by atoms with Crippen LogP contribution in [0.4, 0.5) is 0 Å². The minimum atomic E-state index is -5.39. The molecule has 0 rings (SSSR count). The topological polar surface area (TPSA) is 279 Å². The summed E-state index contributed by atoms with van der Waals surface area (Å²) in [6, 6.07) is -0.979. The van der Waals surface area contributed by atoms with Crippen molar-refractivity contribution in [2.45, 2.75) is 18.9 Å². The van der Waals surface area contributed by atoms with Gasteiger partial charge in [-0.15, -0.1) is 0 Å². The quantitative estimate of drug-likeness (QED) is 0.262. The molecule has 13 nitrogen and oxygen atoms in total. The first-order valence-electron chi connectivity index (χ1n) is 4.26. The number of carbonyl (C=O) groups is 2. The molecule has 0 aromatic carbocycles. The third-order valence-electron chi connectivity index (χ3n) is 1.02. The van der Waals surface area contributed by atoms with E-state index in [2.05, 4.69) is 0 Å². The van der Waals surface area contributed by atoms with Crippen molar-refractivity contribution in [2.24, 2.45) is 11.5 Å². The molecule has 0 aliphatic heterocycles. The second-order valence-corrected chi connectivity index (χ2v) is 4.63. The predicted octanol–water partition coefficient (Wildman–Crippen LogP) is -8.13. The van der Waals surface area contributed by atoms with Gasteiger partial charge in [0.1, 0.15) is 6.04 Å². The third kappa shape index (κ3) is 92.2. The molecule has 23 heavy (non-hydrogen) atoms. The van der Waals surface area contributed by atoms with Crippen LogP contribution in [0.25, 0.3) is 0 Å². The number of carboxylic acids is 1. The number of hydrogen-bond donors (Lipinski definition) is 3. The maximum Gasteiger partial charge on any atom is 2.00 e. The summed E-state index contributed by atoms with van der Waals surface area (Å²) in [5.41, 5.74) is 9.81. The maximum absolute atomic E-state index is 10.1. The van der Waals surface area contributed by atoms with Gasteiger partial charge >= 0.3 is 119 Å². The molecular weight excluding hydrogens is 446 g/mol. The largest absolute Gasteiger partial charge is 2.00 e. The minimum absolute atomic E-state index is 0. The Morgan fingerprint density at radius 2 is 1.13 bits per heavy atom. The normalized spacial score (nSPS) is 10.6. The van der Waals surface area contributed by atoms with E-state index in [0.717, 1.165) is 0 Å². The Labute approximate surface area is 220 Å². The zero-order valence-corrected chi connectivity index (χ0v) is 20.1. The molecule has 1 unspecified atom stereocenters. The van der Waals surface area contributed by atoms with Gasteiger partial charge in [-0.25, -0.2) is 0 Å². The fraction of sp³-hybridized carbons (Fsp3) is 0.600. The maximum atomic E-state index is 10.1. The van der Waals surface area contributed by atoms with E-state index in [9.17, 15) is 9.59 Å². The summed E-state index contributed by atoms with van der Waals surface area (Å²) in [5, 5.41) is 8.22. The Hall–Kier alpha value is 2.90. The van der Waals surface area contributed by atoms with E-state index in [-0.39, 0.29) is 126 Å². The molecule has 0 saturated heterocycles. The average molecular weight is 456 g/mol. The van der Waals surface area contributed by atoms with Crippen LogP contribution < -0.4 is 40.8 Å². The van der Waals surface area contributed by atoms with E-state index >= 15 is 0 Å². The molecule has 0 aromatic heterocycles. The first kappa shape index (κ1) is 40.5. The summed E-state index contributed by atoms with van der Waals surface area (Å²) in [4.78, 5) is 71.4. The third-order valence-corrected chi connectivity index (χ3v) is 1.02. The zero-order chi connectivity index (χ0) is 17.1. The number of amides is 1. The summed E-state index contributed by atoms with van der Waals surface area (Å²) in [5.74, 6) is -1.64. The van der Waals surface area contributed by atoms with E-state index in [0.29, 0.717) is 0 Å². The number of carboxylic acid groups (broad SMARTS) is 1. The molecule has 0 spiro atoms. The van der Waals surface area contributed by atoms with Crippen molar-refractivity contribution in [2.75, 3.05) is 0 Å². The summed E-state index contributed by atoms with van der Waals surface area (Å²) in [6.07, 6.45) is 0.123. The van der Waals surface area contributed by atoms with Crippen molar-refractivity contribution in [1.82, 2.24) is 0 Å². The van der Waals surface area contributed by atoms with Crippen molar-refractivity contribution in [1.29, 1.82) is 0 Å². The van der Waals surface area contributed by atoms with Gasteiger partial charge in [-0.05, 0) is 6.42 Å². The van der Waals surface area contributed by atoms with E-state index < -0.39 is 33.6 Å². The number of hydrogen-bond acceptors (Lipinski definition) is 11. The second kappa shape index (κ2) is 21.2. The predicted molar refractivity (Wildman–Crippen MR) is 66.5 cm³/mol. The van der Waals surface area contributed by atoms with Crippen LogP contribution in [0, 0.1) is 0 Å². The summed E-state index contributed by atoms with van der Waals surface area (Å²) in [6.45, 7) is 0. The molecule has 18 heteroatoms. The Morgan fingerprint density at radius 1 is 0.913 bits per heavy atom. The van der Waals surface area contributed by atoms with Crippen LogP contribution >= 0.6 is 15.6 Å². The number of rotatable bonds is 4. The van der Waals surface area contributed by atoms with Gasteiger partial charge in [-0.1, -0.05) is 0 Å². The van der Waals surface area contributed by atoms with Crippen LogP contribution in [-0.4, -0.2) is 136 Å². The minimum Gasteiger partial charge on any atom is -0.822 e. The van der Waals surface area contributed by atoms with Crippen LogP contribution in [-0.2, 0) is 18.7 Å². The Bertz CT molecular complexity index is 363. The number of phosphoric acid groups is 2. The van der Waals surface area contributed by atoms with Gasteiger partial charge in [-0.2, -0.15) is 15.6 Å². The molecule has 0 aliphatic carbocycles. The van der Waals surface area contributed by atoms with Gasteiger partial charge in [0.25, 0.3) is 0 Å². The molecule has 1 atom stereocenters. The zero-order valence-electron chi connectivity index (χ0n) is 11.7. The fourth-order valence-electron chi connectivity index (χ4n) is 0.421. The molecule has 0 aliphatic rings. The van der Waals surface area contributed by atoms with Crippen LogP contribution in [0.2, 0.25) is 0 Å².